The zero-order valence-corrected chi connectivity index (χ0v) is 15.6. The third-order valence-corrected chi connectivity index (χ3v) is 4.21. The van der Waals surface area contributed by atoms with Crippen molar-refractivity contribution in [1.29, 1.82) is 0 Å². The second kappa shape index (κ2) is 8.41. The summed E-state index contributed by atoms with van der Waals surface area (Å²) in [6, 6.07) is 16.9. The number of hydrogen-bond donors (Lipinski definition) is 1. The number of carbonyl (C=O) groups is 1. The molecule has 0 fully saturated rings. The van der Waals surface area contributed by atoms with E-state index in [-0.39, 0.29) is 4.49 Å². The highest BCUT2D eigenvalue weighted by molar-refractivity contribution is 6.55. The number of carboxylic acid groups (broad SMARTS) is 1. The van der Waals surface area contributed by atoms with Gasteiger partial charge in [0.1, 0.15) is 16.0 Å². The molecule has 2 aromatic carbocycles. The first-order chi connectivity index (χ1) is 11.8. The molecule has 0 aromatic heterocycles. The van der Waals surface area contributed by atoms with E-state index in [0.717, 1.165) is 11.3 Å². The summed E-state index contributed by atoms with van der Waals surface area (Å²) < 4.78 is 5.88. The van der Waals surface area contributed by atoms with Gasteiger partial charge in [-0.05, 0) is 47.7 Å². The van der Waals surface area contributed by atoms with Gasteiger partial charge in [-0.3, -0.25) is 4.79 Å². The van der Waals surface area contributed by atoms with Gasteiger partial charge in [0, 0.05) is 0 Å². The molecule has 1 unspecified atom stereocenters. The smallest absolute Gasteiger partial charge is 0.307 e. The minimum atomic E-state index is -0.898. The third kappa shape index (κ3) is 5.80. The van der Waals surface area contributed by atoms with E-state index < -0.39 is 17.3 Å². The predicted molar refractivity (Wildman–Crippen MR) is 101 cm³/mol. The molecule has 1 N–H and O–H groups in total. The van der Waals surface area contributed by atoms with E-state index >= 15 is 0 Å². The van der Waals surface area contributed by atoms with E-state index in [2.05, 4.69) is 0 Å². The number of hydrogen-bond acceptors (Lipinski definition) is 2. The van der Waals surface area contributed by atoms with Crippen LogP contribution >= 0.6 is 23.2 Å². The Balaban J connectivity index is 2.21. The number of halogens is 2. The lowest BCUT2D eigenvalue weighted by Gasteiger charge is -2.28. The fraction of sp³-hybridized carbons (Fsp3) is 0.250. The van der Waals surface area contributed by atoms with Gasteiger partial charge in [-0.15, -0.1) is 0 Å². The first-order valence-corrected chi connectivity index (χ1v) is 8.62. The number of para-hydroxylation sites is 1. The lowest BCUT2D eigenvalue weighted by molar-refractivity contribution is -0.144. The van der Waals surface area contributed by atoms with Crippen LogP contribution in [0.15, 0.2) is 65.2 Å². The Labute approximate surface area is 157 Å². The molecule has 0 spiro atoms. The Hall–Kier alpha value is -1.97. The van der Waals surface area contributed by atoms with Crippen LogP contribution in [0.2, 0.25) is 0 Å². The molecule has 132 valence electrons. The van der Waals surface area contributed by atoms with Crippen LogP contribution in [0.5, 0.6) is 11.5 Å². The number of carboxylic acids is 1. The van der Waals surface area contributed by atoms with Crippen molar-refractivity contribution >= 4 is 29.2 Å². The molecule has 0 bridgehead atoms. The van der Waals surface area contributed by atoms with Crippen molar-refractivity contribution in [3.8, 4) is 11.5 Å². The lowest BCUT2D eigenvalue weighted by atomic mass is 9.75. The first-order valence-electron chi connectivity index (χ1n) is 7.86. The van der Waals surface area contributed by atoms with Crippen molar-refractivity contribution < 1.29 is 14.6 Å². The van der Waals surface area contributed by atoms with Crippen LogP contribution in [-0.4, -0.2) is 11.1 Å². The van der Waals surface area contributed by atoms with Gasteiger partial charge in [0.15, 0.2) is 0 Å². The maximum Gasteiger partial charge on any atom is 0.307 e. The molecule has 0 saturated carbocycles. The topological polar surface area (TPSA) is 46.5 Å². The van der Waals surface area contributed by atoms with Crippen molar-refractivity contribution in [2.75, 3.05) is 0 Å². The van der Waals surface area contributed by atoms with Gasteiger partial charge in [0.2, 0.25) is 0 Å². The van der Waals surface area contributed by atoms with Crippen LogP contribution in [0.3, 0.4) is 0 Å². The van der Waals surface area contributed by atoms with Crippen LogP contribution in [-0.2, 0) is 11.2 Å². The Morgan fingerprint density at radius 3 is 2.36 bits per heavy atom. The number of benzene rings is 2. The summed E-state index contributed by atoms with van der Waals surface area (Å²) in [7, 11) is 0. The van der Waals surface area contributed by atoms with E-state index in [1.165, 1.54) is 0 Å². The molecule has 0 radical (unpaired) electrons. The highest BCUT2D eigenvalue weighted by Gasteiger charge is 2.34. The van der Waals surface area contributed by atoms with Crippen molar-refractivity contribution in [3.63, 3.8) is 0 Å². The second-order valence-corrected chi connectivity index (χ2v) is 7.42. The summed E-state index contributed by atoms with van der Waals surface area (Å²) >= 11 is 11.5. The Bertz CT molecular complexity index is 751. The van der Waals surface area contributed by atoms with Crippen LogP contribution in [0, 0.1) is 11.3 Å². The molecule has 1 atom stereocenters. The number of rotatable bonds is 7. The molecule has 0 amide bonds. The van der Waals surface area contributed by atoms with Gasteiger partial charge < -0.3 is 9.84 Å². The summed E-state index contributed by atoms with van der Waals surface area (Å²) in [4.78, 5) is 11.8. The SMILES string of the molecule is CC(C)(C=C(Cl)Cl)C(Cc1cccc(Oc2ccccc2)c1)C(=O)O. The van der Waals surface area contributed by atoms with Gasteiger partial charge in [-0.1, -0.05) is 67.4 Å². The van der Waals surface area contributed by atoms with Gasteiger partial charge in [-0.2, -0.15) is 0 Å². The van der Waals surface area contributed by atoms with Crippen molar-refractivity contribution in [2.24, 2.45) is 11.3 Å². The zero-order chi connectivity index (χ0) is 18.4. The summed E-state index contributed by atoms with van der Waals surface area (Å²) in [5, 5.41) is 9.64. The van der Waals surface area contributed by atoms with E-state index in [0.29, 0.717) is 12.2 Å². The molecule has 2 rings (SSSR count). The molecule has 0 aliphatic heterocycles. The maximum atomic E-state index is 11.8. The normalized spacial score (nSPS) is 12.3. The van der Waals surface area contributed by atoms with Crippen molar-refractivity contribution in [1.82, 2.24) is 0 Å². The Morgan fingerprint density at radius 1 is 1.12 bits per heavy atom. The van der Waals surface area contributed by atoms with E-state index in [1.54, 1.807) is 19.9 Å². The van der Waals surface area contributed by atoms with Gasteiger partial charge in [0.25, 0.3) is 0 Å². The Kier molecular flexibility index (Phi) is 6.51. The number of ether oxygens (including phenoxy) is 1. The minimum Gasteiger partial charge on any atom is -0.481 e. The van der Waals surface area contributed by atoms with Crippen LogP contribution < -0.4 is 4.74 Å². The van der Waals surface area contributed by atoms with Crippen molar-refractivity contribution in [3.05, 3.63) is 70.7 Å². The third-order valence-electron chi connectivity index (χ3n) is 3.99. The number of allylic oxidation sites excluding steroid dienone is 1. The summed E-state index contributed by atoms with van der Waals surface area (Å²) in [5.74, 6) is -0.180. The molecular weight excluding hydrogens is 359 g/mol. The van der Waals surface area contributed by atoms with Gasteiger partial charge >= 0.3 is 5.97 Å². The average Bonchev–Trinajstić information content (AvgIpc) is 2.52. The highest BCUT2D eigenvalue weighted by atomic mass is 35.5. The predicted octanol–water partition coefficient (Wildman–Crippen LogP) is 6.07. The second-order valence-electron chi connectivity index (χ2n) is 6.41. The van der Waals surface area contributed by atoms with Crippen LogP contribution in [0.4, 0.5) is 0 Å². The van der Waals surface area contributed by atoms with Gasteiger partial charge in [-0.25, -0.2) is 0 Å². The summed E-state index contributed by atoms with van der Waals surface area (Å²) in [6.45, 7) is 3.61. The summed E-state index contributed by atoms with van der Waals surface area (Å²) in [6.07, 6.45) is 1.91. The molecule has 5 heteroatoms. The molecule has 0 heterocycles. The first kappa shape index (κ1) is 19.4. The maximum absolute atomic E-state index is 11.8. The molecule has 0 saturated heterocycles. The fourth-order valence-corrected chi connectivity index (χ4v) is 3.21. The lowest BCUT2D eigenvalue weighted by Crippen LogP contribution is -2.31. The molecule has 2 aromatic rings. The molecule has 0 aliphatic carbocycles. The molecular formula is C20H20Cl2O3. The van der Waals surface area contributed by atoms with Crippen molar-refractivity contribution in [2.45, 2.75) is 20.3 Å². The standard InChI is InChI=1S/C20H20Cl2O3/c1-20(2,13-18(21)22)17(19(23)24)12-14-7-6-10-16(11-14)25-15-8-4-3-5-9-15/h3-11,13,17H,12H2,1-2H3,(H,23,24). The van der Waals surface area contributed by atoms with Crippen LogP contribution in [0.25, 0.3) is 0 Å². The monoisotopic (exact) mass is 378 g/mol. The highest BCUT2D eigenvalue weighted by Crippen LogP contribution is 2.35. The quantitative estimate of drug-likeness (QED) is 0.635. The van der Waals surface area contributed by atoms with E-state index in [4.69, 9.17) is 27.9 Å². The fourth-order valence-electron chi connectivity index (χ4n) is 2.65. The molecule has 3 nitrogen and oxygen atoms in total. The van der Waals surface area contributed by atoms with E-state index in [1.807, 2.05) is 54.6 Å². The van der Waals surface area contributed by atoms with E-state index in [9.17, 15) is 9.90 Å². The minimum absolute atomic E-state index is 0.0670. The molecule has 25 heavy (non-hydrogen) atoms. The molecule has 0 aliphatic rings. The number of aliphatic carboxylic acids is 1. The summed E-state index contributed by atoms with van der Waals surface area (Å²) in [5.41, 5.74) is 0.175. The van der Waals surface area contributed by atoms with Gasteiger partial charge in [0.05, 0.1) is 5.92 Å². The average molecular weight is 379 g/mol. The zero-order valence-electron chi connectivity index (χ0n) is 14.1. The Morgan fingerprint density at radius 2 is 1.76 bits per heavy atom. The van der Waals surface area contributed by atoms with Crippen LogP contribution in [0.1, 0.15) is 19.4 Å². The largest absolute Gasteiger partial charge is 0.481 e.